The summed E-state index contributed by atoms with van der Waals surface area (Å²) in [5.41, 5.74) is 3.11. The Morgan fingerprint density at radius 2 is 1.75 bits per heavy atom. The van der Waals surface area contributed by atoms with Gasteiger partial charge < -0.3 is 9.26 Å². The highest BCUT2D eigenvalue weighted by molar-refractivity contribution is 6.69. The Labute approximate surface area is 172 Å². The largest absolute Gasteiger partial charge is 0.412 e. The summed E-state index contributed by atoms with van der Waals surface area (Å²) in [5, 5.41) is 4.17. The van der Waals surface area contributed by atoms with Gasteiger partial charge in [-0.05, 0) is 100 Å². The smallest absolute Gasteiger partial charge is 0.184 e. The van der Waals surface area contributed by atoms with E-state index < -0.39 is 8.32 Å². The van der Waals surface area contributed by atoms with Gasteiger partial charge in [-0.1, -0.05) is 30.7 Å². The molecule has 3 nitrogen and oxygen atoms in total. The van der Waals surface area contributed by atoms with Crippen LogP contribution in [-0.2, 0) is 9.26 Å². The Hall–Kier alpha value is -0.873. The van der Waals surface area contributed by atoms with Crippen molar-refractivity contribution in [3.8, 4) is 0 Å². The van der Waals surface area contributed by atoms with Crippen molar-refractivity contribution in [2.24, 2.45) is 33.7 Å². The van der Waals surface area contributed by atoms with Crippen molar-refractivity contribution in [1.82, 2.24) is 0 Å². The summed E-state index contributed by atoms with van der Waals surface area (Å²) in [6.07, 6.45) is 14.6. The first-order chi connectivity index (χ1) is 13.0. The Balaban J connectivity index is 1.63. The van der Waals surface area contributed by atoms with Crippen molar-refractivity contribution in [3.05, 3.63) is 23.8 Å². The van der Waals surface area contributed by atoms with Gasteiger partial charge >= 0.3 is 0 Å². The minimum Gasteiger partial charge on any atom is -0.412 e. The minimum absolute atomic E-state index is 0.0603. The maximum Gasteiger partial charge on any atom is 0.184 e. The maximum atomic E-state index is 6.89. The summed E-state index contributed by atoms with van der Waals surface area (Å²) in [6.45, 7) is 14.5. The fraction of sp³-hybridized carbons (Fsp3) is 0.792. The average molecular weight is 402 g/mol. The van der Waals surface area contributed by atoms with E-state index in [4.69, 9.17) is 9.26 Å². The van der Waals surface area contributed by atoms with Crippen LogP contribution in [0.5, 0.6) is 0 Å². The van der Waals surface area contributed by atoms with E-state index in [-0.39, 0.29) is 11.0 Å². The molecule has 0 aromatic carbocycles. The molecule has 0 aromatic heterocycles. The zero-order valence-electron chi connectivity index (χ0n) is 19.0. The standard InChI is InChI=1S/C24H39NO2Si/c1-22-13-10-18(25-26-4)16-17(22)8-9-19-20(22)11-14-23(2)21(19)12-15-24(23,3)27-28(5,6)7/h10,13,16,19-21H,8-9,11-12,14-15H2,1-7H3/t19?,20?,21?,22?,23?,24-/m0/s1. The lowest BCUT2D eigenvalue weighted by molar-refractivity contribution is -0.102. The molecule has 0 aliphatic heterocycles. The molecule has 3 saturated carbocycles. The van der Waals surface area contributed by atoms with Crippen molar-refractivity contribution in [3.63, 3.8) is 0 Å². The molecular weight excluding hydrogens is 362 g/mol. The van der Waals surface area contributed by atoms with E-state index in [0.29, 0.717) is 5.41 Å². The molecule has 0 amide bonds. The molecule has 4 aliphatic rings. The lowest BCUT2D eigenvalue weighted by Gasteiger charge is -2.59. The number of nitrogens with zero attached hydrogens (tertiary/aromatic N) is 1. The predicted octanol–water partition coefficient (Wildman–Crippen LogP) is 6.34. The summed E-state index contributed by atoms with van der Waals surface area (Å²) < 4.78 is 6.89. The van der Waals surface area contributed by atoms with Gasteiger partial charge in [-0.25, -0.2) is 0 Å². The first-order valence-electron chi connectivity index (χ1n) is 11.2. The molecule has 0 aromatic rings. The Morgan fingerprint density at radius 3 is 2.43 bits per heavy atom. The normalized spacial score (nSPS) is 46.6. The number of hydrogen-bond donors (Lipinski definition) is 0. The lowest BCUT2D eigenvalue weighted by Crippen LogP contribution is -2.56. The van der Waals surface area contributed by atoms with Crippen LogP contribution in [0.15, 0.2) is 29.0 Å². The highest BCUT2D eigenvalue weighted by Gasteiger charge is 2.63. The van der Waals surface area contributed by atoms with Crippen molar-refractivity contribution in [1.29, 1.82) is 0 Å². The molecular formula is C24H39NO2Si. The van der Waals surface area contributed by atoms with Gasteiger partial charge in [-0.15, -0.1) is 0 Å². The van der Waals surface area contributed by atoms with Crippen LogP contribution in [0.25, 0.3) is 0 Å². The average Bonchev–Trinajstić information content (AvgIpc) is 2.85. The van der Waals surface area contributed by atoms with Gasteiger partial charge in [0, 0.05) is 5.41 Å². The predicted molar refractivity (Wildman–Crippen MR) is 119 cm³/mol. The molecule has 4 heteroatoms. The van der Waals surface area contributed by atoms with Gasteiger partial charge in [-0.2, -0.15) is 0 Å². The molecule has 4 rings (SSSR count). The van der Waals surface area contributed by atoms with E-state index in [0.717, 1.165) is 23.5 Å². The van der Waals surface area contributed by atoms with Crippen LogP contribution in [0.2, 0.25) is 19.6 Å². The fourth-order valence-electron chi connectivity index (χ4n) is 7.44. The minimum atomic E-state index is -1.57. The molecule has 5 unspecified atom stereocenters. The third kappa shape index (κ3) is 2.97. The van der Waals surface area contributed by atoms with Crippen LogP contribution in [0.3, 0.4) is 0 Å². The van der Waals surface area contributed by atoms with E-state index in [2.05, 4.69) is 63.8 Å². The molecule has 0 saturated heterocycles. The highest BCUT2D eigenvalue weighted by Crippen LogP contribution is 2.67. The first kappa shape index (κ1) is 20.4. The molecule has 28 heavy (non-hydrogen) atoms. The second-order valence-electron chi connectivity index (χ2n) is 11.3. The monoisotopic (exact) mass is 401 g/mol. The van der Waals surface area contributed by atoms with Crippen LogP contribution in [0.1, 0.15) is 59.3 Å². The summed E-state index contributed by atoms with van der Waals surface area (Å²) in [7, 11) is 0.0653. The Kier molecular flexibility index (Phi) is 4.78. The fourth-order valence-corrected chi connectivity index (χ4v) is 9.13. The molecule has 6 atom stereocenters. The van der Waals surface area contributed by atoms with E-state index in [9.17, 15) is 0 Å². The molecule has 0 N–H and O–H groups in total. The van der Waals surface area contributed by atoms with E-state index in [1.54, 1.807) is 12.7 Å². The zero-order valence-corrected chi connectivity index (χ0v) is 20.0. The molecule has 4 aliphatic carbocycles. The maximum absolute atomic E-state index is 6.89. The van der Waals surface area contributed by atoms with Crippen molar-refractivity contribution in [2.75, 3.05) is 7.11 Å². The van der Waals surface area contributed by atoms with Gasteiger partial charge in [0.25, 0.3) is 0 Å². The molecule has 156 valence electrons. The quantitative estimate of drug-likeness (QED) is 0.408. The highest BCUT2D eigenvalue weighted by atomic mass is 28.4. The SMILES string of the molecule is CON=C1C=CC2(C)C(=C1)CCC1C2CCC2(C)C1CC[C@]2(C)O[Si](C)(C)C. The van der Waals surface area contributed by atoms with E-state index >= 15 is 0 Å². The second-order valence-corrected chi connectivity index (χ2v) is 15.8. The van der Waals surface area contributed by atoms with Crippen LogP contribution in [0, 0.1) is 28.6 Å². The van der Waals surface area contributed by atoms with Crippen LogP contribution in [0.4, 0.5) is 0 Å². The third-order valence-corrected chi connectivity index (χ3v) is 9.89. The van der Waals surface area contributed by atoms with Crippen molar-refractivity contribution >= 4 is 14.0 Å². The van der Waals surface area contributed by atoms with Crippen molar-refractivity contribution in [2.45, 2.75) is 84.5 Å². The molecule has 0 bridgehead atoms. The van der Waals surface area contributed by atoms with Crippen LogP contribution in [-0.4, -0.2) is 26.7 Å². The molecule has 0 spiro atoms. The lowest BCUT2D eigenvalue weighted by atomic mass is 9.47. The third-order valence-electron chi connectivity index (χ3n) is 8.83. The van der Waals surface area contributed by atoms with Gasteiger partial charge in [0.2, 0.25) is 0 Å². The molecule has 0 radical (unpaired) electrons. The summed E-state index contributed by atoms with van der Waals surface area (Å²) in [4.78, 5) is 5.01. The number of rotatable bonds is 3. The van der Waals surface area contributed by atoms with Gasteiger partial charge in [0.15, 0.2) is 8.32 Å². The number of fused-ring (bicyclic) bond motifs is 5. The molecule has 0 heterocycles. The number of hydrogen-bond acceptors (Lipinski definition) is 3. The van der Waals surface area contributed by atoms with E-state index in [1.165, 1.54) is 38.5 Å². The first-order valence-corrected chi connectivity index (χ1v) is 14.6. The zero-order chi connectivity index (χ0) is 20.4. The topological polar surface area (TPSA) is 30.8 Å². The number of oxime groups is 1. The van der Waals surface area contributed by atoms with Gasteiger partial charge in [-0.3, -0.25) is 0 Å². The van der Waals surface area contributed by atoms with Crippen molar-refractivity contribution < 1.29 is 9.26 Å². The van der Waals surface area contributed by atoms with Gasteiger partial charge in [0.1, 0.15) is 12.8 Å². The summed E-state index contributed by atoms with van der Waals surface area (Å²) >= 11 is 0. The van der Waals surface area contributed by atoms with E-state index in [1.807, 2.05) is 0 Å². The Bertz CT molecular complexity index is 735. The van der Waals surface area contributed by atoms with Crippen LogP contribution >= 0.6 is 0 Å². The van der Waals surface area contributed by atoms with Gasteiger partial charge in [0.05, 0.1) is 5.60 Å². The second kappa shape index (κ2) is 6.56. The Morgan fingerprint density at radius 1 is 1.04 bits per heavy atom. The summed E-state index contributed by atoms with van der Waals surface area (Å²) in [6, 6.07) is 0. The van der Waals surface area contributed by atoms with Crippen LogP contribution < -0.4 is 0 Å². The number of allylic oxidation sites excluding steroid dienone is 4. The summed E-state index contributed by atoms with van der Waals surface area (Å²) in [5.74, 6) is 2.37. The molecule has 3 fully saturated rings.